The molecule has 0 fully saturated rings. The molecule has 1 aromatic heterocycles. The summed E-state index contributed by atoms with van der Waals surface area (Å²) in [6, 6.07) is 10.9. The van der Waals surface area contributed by atoms with Crippen molar-refractivity contribution >= 4 is 23.6 Å². The lowest BCUT2D eigenvalue weighted by Crippen LogP contribution is -2.30. The minimum atomic E-state index is -0.553. The van der Waals surface area contributed by atoms with Crippen LogP contribution in [0.4, 0.5) is 0 Å². The van der Waals surface area contributed by atoms with E-state index in [1.807, 2.05) is 30.5 Å². The first-order chi connectivity index (χ1) is 12.1. The summed E-state index contributed by atoms with van der Waals surface area (Å²) in [5.41, 5.74) is 1.44. The molecule has 0 atom stereocenters. The fourth-order valence-electron chi connectivity index (χ4n) is 2.11. The number of hydrogen-bond donors (Lipinski definition) is 1. The van der Waals surface area contributed by atoms with Crippen molar-refractivity contribution in [2.45, 2.75) is 11.4 Å². The number of benzene rings is 1. The van der Waals surface area contributed by atoms with Gasteiger partial charge in [0.05, 0.1) is 12.7 Å². The van der Waals surface area contributed by atoms with Crippen LogP contribution in [-0.2, 0) is 16.0 Å². The van der Waals surface area contributed by atoms with Crippen molar-refractivity contribution in [3.8, 4) is 5.75 Å². The molecule has 6 nitrogen and oxygen atoms in total. The zero-order valence-corrected chi connectivity index (χ0v) is 15.0. The predicted molar refractivity (Wildman–Crippen MR) is 96.0 cm³/mol. The smallest absolute Gasteiger partial charge is 0.341 e. The van der Waals surface area contributed by atoms with E-state index in [4.69, 9.17) is 9.47 Å². The van der Waals surface area contributed by atoms with Gasteiger partial charge in [0.15, 0.2) is 6.61 Å². The van der Waals surface area contributed by atoms with Gasteiger partial charge in [0.2, 0.25) is 0 Å². The summed E-state index contributed by atoms with van der Waals surface area (Å²) >= 11 is 1.35. The second-order valence-corrected chi connectivity index (χ2v) is 5.88. The van der Waals surface area contributed by atoms with E-state index in [9.17, 15) is 9.59 Å². The third-order valence-corrected chi connectivity index (χ3v) is 4.13. The average Bonchev–Trinajstić information content (AvgIpc) is 2.66. The molecule has 0 aliphatic rings. The number of nitrogens with one attached hydrogen (secondary N) is 1. The minimum Gasteiger partial charge on any atom is -0.497 e. The molecule has 0 saturated carbocycles. The number of pyridine rings is 1. The van der Waals surface area contributed by atoms with Crippen LogP contribution in [0.3, 0.4) is 0 Å². The maximum absolute atomic E-state index is 12.0. The zero-order chi connectivity index (χ0) is 18.1. The van der Waals surface area contributed by atoms with Crippen molar-refractivity contribution < 1.29 is 19.1 Å². The summed E-state index contributed by atoms with van der Waals surface area (Å²) in [4.78, 5) is 27.9. The lowest BCUT2D eigenvalue weighted by molar-refractivity contribution is -0.124. The van der Waals surface area contributed by atoms with Crippen LogP contribution in [0.15, 0.2) is 47.6 Å². The van der Waals surface area contributed by atoms with Crippen molar-refractivity contribution in [1.29, 1.82) is 0 Å². The fourth-order valence-corrected chi connectivity index (χ4v) is 2.64. The minimum absolute atomic E-state index is 0.315. The molecule has 1 aromatic carbocycles. The van der Waals surface area contributed by atoms with Gasteiger partial charge in [-0.05, 0) is 42.5 Å². The molecule has 2 aromatic rings. The number of methoxy groups -OCH3 is 1. The molecular weight excluding hydrogens is 340 g/mol. The maximum Gasteiger partial charge on any atom is 0.341 e. The number of hydrogen-bond acceptors (Lipinski definition) is 6. The molecule has 0 bridgehead atoms. The lowest BCUT2D eigenvalue weighted by atomic mass is 10.1. The number of nitrogens with zero attached hydrogens (tertiary/aromatic N) is 1. The van der Waals surface area contributed by atoms with Gasteiger partial charge in [-0.3, -0.25) is 4.79 Å². The summed E-state index contributed by atoms with van der Waals surface area (Å²) < 4.78 is 10.1. The van der Waals surface area contributed by atoms with Crippen molar-refractivity contribution in [2.75, 3.05) is 26.5 Å². The maximum atomic E-state index is 12.0. The Balaban J connectivity index is 1.73. The topological polar surface area (TPSA) is 77.5 Å². The third-order valence-electron chi connectivity index (χ3n) is 3.41. The van der Waals surface area contributed by atoms with E-state index in [2.05, 4.69) is 10.3 Å². The Morgan fingerprint density at radius 1 is 1.20 bits per heavy atom. The Morgan fingerprint density at radius 2 is 1.96 bits per heavy atom. The van der Waals surface area contributed by atoms with Gasteiger partial charge < -0.3 is 14.8 Å². The molecular formula is C18H20N2O4S. The van der Waals surface area contributed by atoms with E-state index >= 15 is 0 Å². The van der Waals surface area contributed by atoms with Gasteiger partial charge in [-0.15, -0.1) is 11.8 Å². The Bertz CT molecular complexity index is 719. The number of amides is 1. The monoisotopic (exact) mass is 360 g/mol. The third kappa shape index (κ3) is 5.79. The SMILES string of the molecule is COc1ccc(CCNC(=O)COC(=O)c2cccnc2SC)cc1. The molecule has 0 aliphatic carbocycles. The summed E-state index contributed by atoms with van der Waals surface area (Å²) in [6.07, 6.45) is 4.11. The normalized spacial score (nSPS) is 10.2. The molecule has 1 amide bonds. The van der Waals surface area contributed by atoms with Crippen LogP contribution in [0.5, 0.6) is 5.75 Å². The zero-order valence-electron chi connectivity index (χ0n) is 14.2. The van der Waals surface area contributed by atoms with E-state index < -0.39 is 5.97 Å². The van der Waals surface area contributed by atoms with Gasteiger partial charge in [0, 0.05) is 12.7 Å². The van der Waals surface area contributed by atoms with Crippen LogP contribution >= 0.6 is 11.8 Å². The molecule has 0 unspecified atom stereocenters. The Morgan fingerprint density at radius 3 is 2.64 bits per heavy atom. The van der Waals surface area contributed by atoms with Gasteiger partial charge in [-0.1, -0.05) is 12.1 Å². The molecule has 2 rings (SSSR count). The Kier molecular flexibility index (Phi) is 7.28. The van der Waals surface area contributed by atoms with E-state index in [1.165, 1.54) is 11.8 Å². The second-order valence-electron chi connectivity index (χ2n) is 5.08. The fraction of sp³-hybridized carbons (Fsp3) is 0.278. The number of carbonyl (C=O) groups excluding carboxylic acids is 2. The van der Waals surface area contributed by atoms with E-state index in [0.717, 1.165) is 11.3 Å². The highest BCUT2D eigenvalue weighted by Gasteiger charge is 2.14. The quantitative estimate of drug-likeness (QED) is 0.575. The molecule has 1 heterocycles. The van der Waals surface area contributed by atoms with Crippen molar-refractivity contribution in [1.82, 2.24) is 10.3 Å². The van der Waals surface area contributed by atoms with Crippen LogP contribution in [-0.4, -0.2) is 43.4 Å². The summed E-state index contributed by atoms with van der Waals surface area (Å²) in [7, 11) is 1.62. The number of rotatable bonds is 8. The molecule has 132 valence electrons. The van der Waals surface area contributed by atoms with Gasteiger partial charge in [0.25, 0.3) is 5.91 Å². The first-order valence-electron chi connectivity index (χ1n) is 7.69. The highest BCUT2D eigenvalue weighted by Crippen LogP contribution is 2.17. The van der Waals surface area contributed by atoms with Crippen molar-refractivity contribution in [2.24, 2.45) is 0 Å². The largest absolute Gasteiger partial charge is 0.497 e. The lowest BCUT2D eigenvalue weighted by Gasteiger charge is -2.08. The van der Waals surface area contributed by atoms with E-state index in [1.54, 1.807) is 25.4 Å². The van der Waals surface area contributed by atoms with Gasteiger partial charge in [-0.25, -0.2) is 9.78 Å². The Hall–Kier alpha value is -2.54. The van der Waals surface area contributed by atoms with E-state index in [0.29, 0.717) is 23.6 Å². The standard InChI is InChI=1S/C18H20N2O4S/c1-23-14-7-5-13(6-8-14)9-11-19-16(21)12-24-18(22)15-4-3-10-20-17(15)25-2/h3-8,10H,9,11-12H2,1-2H3,(H,19,21). The second kappa shape index (κ2) is 9.68. The highest BCUT2D eigenvalue weighted by atomic mass is 32.2. The molecule has 0 spiro atoms. The van der Waals surface area contributed by atoms with Crippen molar-refractivity contribution in [3.63, 3.8) is 0 Å². The summed E-state index contributed by atoms with van der Waals surface area (Å²) in [5.74, 6) is -0.0982. The van der Waals surface area contributed by atoms with Crippen LogP contribution < -0.4 is 10.1 Å². The first-order valence-corrected chi connectivity index (χ1v) is 8.92. The average molecular weight is 360 g/mol. The van der Waals surface area contributed by atoms with Gasteiger partial charge in [-0.2, -0.15) is 0 Å². The number of aromatic nitrogens is 1. The summed E-state index contributed by atoms with van der Waals surface area (Å²) in [5, 5.41) is 3.30. The van der Waals surface area contributed by atoms with Gasteiger partial charge in [0.1, 0.15) is 10.8 Å². The number of ether oxygens (including phenoxy) is 2. The highest BCUT2D eigenvalue weighted by molar-refractivity contribution is 7.98. The van der Waals surface area contributed by atoms with Gasteiger partial charge >= 0.3 is 5.97 Å². The molecule has 25 heavy (non-hydrogen) atoms. The number of esters is 1. The molecule has 7 heteroatoms. The molecule has 0 radical (unpaired) electrons. The van der Waals surface area contributed by atoms with Crippen LogP contribution in [0.1, 0.15) is 15.9 Å². The number of carbonyl (C=O) groups is 2. The first kappa shape index (κ1) is 18.8. The van der Waals surface area contributed by atoms with Crippen LogP contribution in [0.2, 0.25) is 0 Å². The molecule has 1 N–H and O–H groups in total. The Labute approximate surface area is 150 Å². The van der Waals surface area contributed by atoms with Crippen molar-refractivity contribution in [3.05, 3.63) is 53.7 Å². The van der Waals surface area contributed by atoms with Crippen LogP contribution in [0, 0.1) is 0 Å². The van der Waals surface area contributed by atoms with Crippen LogP contribution in [0.25, 0.3) is 0 Å². The molecule has 0 saturated heterocycles. The number of thioether (sulfide) groups is 1. The summed E-state index contributed by atoms with van der Waals surface area (Å²) in [6.45, 7) is 0.149. The predicted octanol–water partition coefficient (Wildman–Crippen LogP) is 2.33. The van der Waals surface area contributed by atoms with E-state index in [-0.39, 0.29) is 12.5 Å². The molecule has 0 aliphatic heterocycles.